The molecule has 1 aliphatic heterocycles. The quantitative estimate of drug-likeness (QED) is 0.516. The number of nitrogens with zero attached hydrogens (tertiary/aromatic N) is 4. The molecule has 4 aromatic heterocycles. The monoisotopic (exact) mass is 421 g/mol. The fraction of sp³-hybridized carbons (Fsp3) is 0.318. The second-order valence-corrected chi connectivity index (χ2v) is 8.69. The summed E-state index contributed by atoms with van der Waals surface area (Å²) in [5.41, 5.74) is 2.96. The van der Waals surface area contributed by atoms with Crippen LogP contribution in [-0.2, 0) is 17.8 Å². The summed E-state index contributed by atoms with van der Waals surface area (Å²) in [5.74, 6) is 0.460. The Bertz CT molecular complexity index is 1160. The SMILES string of the molecule is O=C(NCc1ccc2nccn2c1)c1ccc(-c2cnn(CC3CCCOC3)c2)s1. The van der Waals surface area contributed by atoms with Crippen molar-refractivity contribution in [3.63, 3.8) is 0 Å². The second kappa shape index (κ2) is 8.41. The standard InChI is InChI=1S/C22H23N5O2S/c28-22(24-10-16-3-6-21-23-7-8-26(21)12-16)20-5-4-19(30-20)18-11-25-27(14-18)13-17-2-1-9-29-15-17/h3-8,11-12,14,17H,1-2,9-10,13,15H2,(H,24,28). The molecule has 30 heavy (non-hydrogen) atoms. The molecule has 0 aliphatic carbocycles. The molecule has 4 aromatic rings. The van der Waals surface area contributed by atoms with Crippen molar-refractivity contribution in [1.29, 1.82) is 0 Å². The summed E-state index contributed by atoms with van der Waals surface area (Å²) in [6.45, 7) is 3.03. The minimum atomic E-state index is -0.0660. The zero-order chi connectivity index (χ0) is 20.3. The molecule has 5 rings (SSSR count). The molecule has 1 fully saturated rings. The lowest BCUT2D eigenvalue weighted by Gasteiger charge is -2.21. The van der Waals surface area contributed by atoms with Crippen LogP contribution < -0.4 is 5.32 Å². The van der Waals surface area contributed by atoms with Crippen molar-refractivity contribution in [3.8, 4) is 10.4 Å². The van der Waals surface area contributed by atoms with Gasteiger partial charge in [0.15, 0.2) is 0 Å². The molecular weight excluding hydrogens is 398 g/mol. The summed E-state index contributed by atoms with van der Waals surface area (Å²) in [5, 5.41) is 7.50. The molecule has 1 saturated heterocycles. The molecule has 1 unspecified atom stereocenters. The molecule has 1 N–H and O–H groups in total. The van der Waals surface area contributed by atoms with E-state index in [0.29, 0.717) is 17.3 Å². The third-order valence-corrected chi connectivity index (χ3v) is 6.48. The van der Waals surface area contributed by atoms with Crippen LogP contribution in [0.1, 0.15) is 28.1 Å². The number of nitrogens with one attached hydrogen (secondary N) is 1. The lowest BCUT2D eigenvalue weighted by Crippen LogP contribution is -2.22. The number of rotatable bonds is 6. The van der Waals surface area contributed by atoms with Crippen LogP contribution in [0.5, 0.6) is 0 Å². The van der Waals surface area contributed by atoms with E-state index in [1.807, 2.05) is 51.9 Å². The number of imidazole rings is 1. The van der Waals surface area contributed by atoms with Gasteiger partial charge in [-0.05, 0) is 36.6 Å². The highest BCUT2D eigenvalue weighted by Crippen LogP contribution is 2.28. The largest absolute Gasteiger partial charge is 0.381 e. The van der Waals surface area contributed by atoms with Crippen LogP contribution in [0, 0.1) is 5.92 Å². The molecule has 0 aromatic carbocycles. The Kier molecular flexibility index (Phi) is 5.33. The number of hydrogen-bond donors (Lipinski definition) is 1. The van der Waals surface area contributed by atoms with Crippen molar-refractivity contribution in [3.05, 3.63) is 65.7 Å². The number of carbonyl (C=O) groups is 1. The van der Waals surface area contributed by atoms with Crippen molar-refractivity contribution in [1.82, 2.24) is 24.5 Å². The van der Waals surface area contributed by atoms with Crippen molar-refractivity contribution in [2.45, 2.75) is 25.9 Å². The number of carbonyl (C=O) groups excluding carboxylic acids is 1. The summed E-state index contributed by atoms with van der Waals surface area (Å²) in [7, 11) is 0. The van der Waals surface area contributed by atoms with Crippen LogP contribution in [0.3, 0.4) is 0 Å². The predicted octanol–water partition coefficient (Wildman–Crippen LogP) is 3.62. The molecule has 0 bridgehead atoms. The Morgan fingerprint density at radius 2 is 2.23 bits per heavy atom. The lowest BCUT2D eigenvalue weighted by molar-refractivity contribution is 0.0470. The molecule has 1 atom stereocenters. The van der Waals surface area contributed by atoms with Crippen LogP contribution in [0.2, 0.25) is 0 Å². The highest BCUT2D eigenvalue weighted by Gasteiger charge is 2.16. The first-order valence-corrected chi connectivity index (χ1v) is 11.0. The lowest BCUT2D eigenvalue weighted by atomic mass is 10.0. The first kappa shape index (κ1) is 19.0. The number of pyridine rings is 1. The van der Waals surface area contributed by atoms with Crippen molar-refractivity contribution < 1.29 is 9.53 Å². The molecule has 5 heterocycles. The summed E-state index contributed by atoms with van der Waals surface area (Å²) in [4.78, 5) is 18.6. The van der Waals surface area contributed by atoms with Crippen LogP contribution >= 0.6 is 11.3 Å². The highest BCUT2D eigenvalue weighted by atomic mass is 32.1. The molecule has 1 aliphatic rings. The minimum absolute atomic E-state index is 0.0660. The fourth-order valence-electron chi connectivity index (χ4n) is 3.76. The van der Waals surface area contributed by atoms with E-state index in [2.05, 4.69) is 21.6 Å². The molecular formula is C22H23N5O2S. The first-order chi connectivity index (χ1) is 14.7. The molecule has 154 valence electrons. The Morgan fingerprint density at radius 1 is 1.27 bits per heavy atom. The van der Waals surface area contributed by atoms with Gasteiger partial charge in [0, 0.05) is 60.8 Å². The number of hydrogen-bond acceptors (Lipinski definition) is 5. The average Bonchev–Trinajstić information content (AvgIpc) is 3.52. The number of ether oxygens (including phenoxy) is 1. The number of thiophene rings is 1. The Morgan fingerprint density at radius 3 is 3.13 bits per heavy atom. The molecule has 8 heteroatoms. The Balaban J connectivity index is 1.21. The van der Waals surface area contributed by atoms with E-state index in [9.17, 15) is 4.79 Å². The maximum atomic E-state index is 12.6. The Hall–Kier alpha value is -2.97. The molecule has 7 nitrogen and oxygen atoms in total. The van der Waals surface area contributed by atoms with Crippen LogP contribution in [0.4, 0.5) is 0 Å². The molecule has 0 saturated carbocycles. The van der Waals surface area contributed by atoms with Gasteiger partial charge in [-0.15, -0.1) is 11.3 Å². The van der Waals surface area contributed by atoms with Crippen LogP contribution in [0.15, 0.2) is 55.2 Å². The van der Waals surface area contributed by atoms with Crippen LogP contribution in [-0.4, -0.2) is 38.3 Å². The Labute approximate surface area is 178 Å². The summed E-state index contributed by atoms with van der Waals surface area (Å²) in [6.07, 6.45) is 11.9. The van der Waals surface area contributed by atoms with Gasteiger partial charge in [-0.25, -0.2) is 4.98 Å². The summed E-state index contributed by atoms with van der Waals surface area (Å²) >= 11 is 1.49. The van der Waals surface area contributed by atoms with E-state index in [4.69, 9.17) is 4.74 Å². The normalized spacial score (nSPS) is 16.7. The fourth-order valence-corrected chi connectivity index (χ4v) is 4.66. The number of aromatic nitrogens is 4. The highest BCUT2D eigenvalue weighted by molar-refractivity contribution is 7.17. The second-order valence-electron chi connectivity index (χ2n) is 7.61. The van der Waals surface area contributed by atoms with E-state index in [1.165, 1.54) is 17.8 Å². The van der Waals surface area contributed by atoms with Gasteiger partial charge in [-0.3, -0.25) is 9.48 Å². The smallest absolute Gasteiger partial charge is 0.261 e. The minimum Gasteiger partial charge on any atom is -0.381 e. The van der Waals surface area contributed by atoms with Gasteiger partial charge in [0.2, 0.25) is 0 Å². The zero-order valence-corrected chi connectivity index (χ0v) is 17.3. The van der Waals surface area contributed by atoms with Gasteiger partial charge in [-0.1, -0.05) is 6.07 Å². The van der Waals surface area contributed by atoms with E-state index in [1.54, 1.807) is 6.20 Å². The number of amides is 1. The van der Waals surface area contributed by atoms with Gasteiger partial charge in [0.25, 0.3) is 5.91 Å². The zero-order valence-electron chi connectivity index (χ0n) is 16.5. The molecule has 0 spiro atoms. The van der Waals surface area contributed by atoms with E-state index in [0.717, 1.165) is 47.8 Å². The van der Waals surface area contributed by atoms with E-state index in [-0.39, 0.29) is 5.91 Å². The topological polar surface area (TPSA) is 73.5 Å². The van der Waals surface area contributed by atoms with Crippen molar-refractivity contribution in [2.75, 3.05) is 13.2 Å². The maximum absolute atomic E-state index is 12.6. The summed E-state index contributed by atoms with van der Waals surface area (Å²) < 4.78 is 9.49. The van der Waals surface area contributed by atoms with Crippen molar-refractivity contribution in [2.24, 2.45) is 5.92 Å². The third kappa shape index (κ3) is 4.15. The van der Waals surface area contributed by atoms with Gasteiger partial charge in [-0.2, -0.15) is 5.10 Å². The molecule has 0 radical (unpaired) electrons. The van der Waals surface area contributed by atoms with Gasteiger partial charge in [0.1, 0.15) is 5.65 Å². The average molecular weight is 422 g/mol. The van der Waals surface area contributed by atoms with Gasteiger partial charge < -0.3 is 14.5 Å². The van der Waals surface area contributed by atoms with Crippen LogP contribution in [0.25, 0.3) is 16.1 Å². The number of fused-ring (bicyclic) bond motifs is 1. The van der Waals surface area contributed by atoms with Crippen molar-refractivity contribution >= 4 is 22.9 Å². The summed E-state index contributed by atoms with van der Waals surface area (Å²) in [6, 6.07) is 7.79. The van der Waals surface area contributed by atoms with E-state index >= 15 is 0 Å². The van der Waals surface area contributed by atoms with Gasteiger partial charge >= 0.3 is 0 Å². The van der Waals surface area contributed by atoms with Gasteiger partial charge in [0.05, 0.1) is 17.7 Å². The first-order valence-electron chi connectivity index (χ1n) is 10.1. The maximum Gasteiger partial charge on any atom is 0.261 e. The molecule has 1 amide bonds. The predicted molar refractivity (Wildman–Crippen MR) is 115 cm³/mol. The van der Waals surface area contributed by atoms with E-state index < -0.39 is 0 Å². The third-order valence-electron chi connectivity index (χ3n) is 5.35.